The van der Waals surface area contributed by atoms with Crippen LogP contribution in [0, 0.1) is 0 Å². The van der Waals surface area contributed by atoms with Gasteiger partial charge in [0.1, 0.15) is 6.10 Å². The minimum atomic E-state index is -0.525. The number of methoxy groups -OCH3 is 1. The molecule has 0 amide bonds. The third-order valence-corrected chi connectivity index (χ3v) is 2.11. The van der Waals surface area contributed by atoms with Crippen molar-refractivity contribution in [1.82, 2.24) is 0 Å². The first-order valence-electron chi connectivity index (χ1n) is 3.66. The van der Waals surface area contributed by atoms with Crippen molar-refractivity contribution in [2.45, 2.75) is 6.10 Å². The molecule has 0 spiro atoms. The molecule has 0 radical (unpaired) electrons. The summed E-state index contributed by atoms with van der Waals surface area (Å²) in [7, 11) is 1.57. The first-order valence-corrected chi connectivity index (χ1v) is 4.46. The van der Waals surface area contributed by atoms with Gasteiger partial charge < -0.3 is 9.84 Å². The SMILES string of the molecule is COCC(O)c1ccc(Br)cc1. The van der Waals surface area contributed by atoms with Crippen LogP contribution in [0.25, 0.3) is 0 Å². The number of rotatable bonds is 3. The smallest absolute Gasteiger partial charge is 0.102 e. The van der Waals surface area contributed by atoms with Crippen molar-refractivity contribution in [1.29, 1.82) is 0 Å². The number of benzene rings is 1. The van der Waals surface area contributed by atoms with Gasteiger partial charge in [-0.1, -0.05) is 28.1 Å². The summed E-state index contributed by atoms with van der Waals surface area (Å²) in [6.45, 7) is 0.335. The topological polar surface area (TPSA) is 29.5 Å². The number of aliphatic hydroxyl groups excluding tert-OH is 1. The highest BCUT2D eigenvalue weighted by atomic mass is 79.9. The molecule has 66 valence electrons. The van der Waals surface area contributed by atoms with E-state index in [1.807, 2.05) is 24.3 Å². The van der Waals surface area contributed by atoms with Gasteiger partial charge in [-0.3, -0.25) is 0 Å². The van der Waals surface area contributed by atoms with Crippen LogP contribution < -0.4 is 0 Å². The highest BCUT2D eigenvalue weighted by molar-refractivity contribution is 9.10. The molecule has 1 rings (SSSR count). The predicted molar refractivity (Wildman–Crippen MR) is 51.0 cm³/mol. The van der Waals surface area contributed by atoms with E-state index in [2.05, 4.69) is 15.9 Å². The molecule has 0 aliphatic rings. The summed E-state index contributed by atoms with van der Waals surface area (Å²) in [5.74, 6) is 0. The first kappa shape index (κ1) is 9.71. The number of aliphatic hydroxyl groups is 1. The average Bonchev–Trinajstić information content (AvgIpc) is 2.06. The number of halogens is 1. The second-order valence-electron chi connectivity index (χ2n) is 2.52. The molecule has 0 saturated heterocycles. The zero-order valence-corrected chi connectivity index (χ0v) is 8.41. The molecule has 1 aromatic rings. The molecule has 1 atom stereocenters. The summed E-state index contributed by atoms with van der Waals surface area (Å²) in [6, 6.07) is 7.53. The van der Waals surface area contributed by atoms with E-state index in [-0.39, 0.29) is 0 Å². The van der Waals surface area contributed by atoms with Crippen LogP contribution in [-0.4, -0.2) is 18.8 Å². The lowest BCUT2D eigenvalue weighted by molar-refractivity contribution is 0.0644. The van der Waals surface area contributed by atoms with Crippen LogP contribution in [0.3, 0.4) is 0 Å². The lowest BCUT2D eigenvalue weighted by Gasteiger charge is -2.08. The standard InChI is InChI=1S/C9H11BrO2/c1-12-6-9(11)7-2-4-8(10)5-3-7/h2-5,9,11H,6H2,1H3. The largest absolute Gasteiger partial charge is 0.386 e. The van der Waals surface area contributed by atoms with Gasteiger partial charge in [0, 0.05) is 11.6 Å². The van der Waals surface area contributed by atoms with Crippen molar-refractivity contribution < 1.29 is 9.84 Å². The van der Waals surface area contributed by atoms with Crippen LogP contribution in [0.4, 0.5) is 0 Å². The van der Waals surface area contributed by atoms with Crippen molar-refractivity contribution in [2.75, 3.05) is 13.7 Å². The van der Waals surface area contributed by atoms with Crippen molar-refractivity contribution in [3.8, 4) is 0 Å². The van der Waals surface area contributed by atoms with Gasteiger partial charge in [-0.25, -0.2) is 0 Å². The van der Waals surface area contributed by atoms with E-state index in [4.69, 9.17) is 4.74 Å². The normalized spacial score (nSPS) is 12.9. The van der Waals surface area contributed by atoms with Crippen LogP contribution >= 0.6 is 15.9 Å². The molecular formula is C9H11BrO2. The van der Waals surface area contributed by atoms with E-state index >= 15 is 0 Å². The van der Waals surface area contributed by atoms with E-state index in [9.17, 15) is 5.11 Å². The highest BCUT2D eigenvalue weighted by Gasteiger charge is 2.05. The Morgan fingerprint density at radius 1 is 1.42 bits per heavy atom. The fourth-order valence-electron chi connectivity index (χ4n) is 0.939. The zero-order chi connectivity index (χ0) is 8.97. The molecule has 0 aliphatic carbocycles. The maximum atomic E-state index is 9.47. The maximum Gasteiger partial charge on any atom is 0.102 e. The minimum Gasteiger partial charge on any atom is -0.386 e. The van der Waals surface area contributed by atoms with Crippen molar-refractivity contribution >= 4 is 15.9 Å². The van der Waals surface area contributed by atoms with Gasteiger partial charge in [0.05, 0.1) is 6.61 Å². The lowest BCUT2D eigenvalue weighted by atomic mass is 10.1. The number of ether oxygens (including phenoxy) is 1. The zero-order valence-electron chi connectivity index (χ0n) is 6.83. The molecule has 0 bridgehead atoms. The Morgan fingerprint density at radius 3 is 2.50 bits per heavy atom. The Kier molecular flexibility index (Phi) is 3.72. The molecule has 12 heavy (non-hydrogen) atoms. The average molecular weight is 231 g/mol. The van der Waals surface area contributed by atoms with Crippen molar-refractivity contribution in [3.05, 3.63) is 34.3 Å². The fourth-order valence-corrected chi connectivity index (χ4v) is 1.20. The summed E-state index contributed by atoms with van der Waals surface area (Å²) in [4.78, 5) is 0. The van der Waals surface area contributed by atoms with Gasteiger partial charge in [-0.15, -0.1) is 0 Å². The van der Waals surface area contributed by atoms with Gasteiger partial charge in [-0.2, -0.15) is 0 Å². The molecule has 1 aromatic carbocycles. The maximum absolute atomic E-state index is 9.47. The van der Waals surface area contributed by atoms with Crippen molar-refractivity contribution in [3.63, 3.8) is 0 Å². The summed E-state index contributed by atoms with van der Waals surface area (Å²) in [6.07, 6.45) is -0.525. The Balaban J connectivity index is 2.68. The monoisotopic (exact) mass is 230 g/mol. The third kappa shape index (κ3) is 2.59. The second-order valence-corrected chi connectivity index (χ2v) is 3.44. The Hall–Kier alpha value is -0.380. The van der Waals surface area contributed by atoms with Crippen LogP contribution in [0.15, 0.2) is 28.7 Å². The molecule has 0 aromatic heterocycles. The van der Waals surface area contributed by atoms with Crippen LogP contribution in [0.5, 0.6) is 0 Å². The molecule has 2 nitrogen and oxygen atoms in total. The van der Waals surface area contributed by atoms with Crippen molar-refractivity contribution in [2.24, 2.45) is 0 Å². The molecule has 3 heteroatoms. The molecular weight excluding hydrogens is 220 g/mol. The van der Waals surface area contributed by atoms with Crippen LogP contribution in [0.1, 0.15) is 11.7 Å². The molecule has 1 N–H and O–H groups in total. The van der Waals surface area contributed by atoms with E-state index in [1.54, 1.807) is 7.11 Å². The number of hydrogen-bond donors (Lipinski definition) is 1. The first-order chi connectivity index (χ1) is 5.74. The quantitative estimate of drug-likeness (QED) is 0.863. The predicted octanol–water partition coefficient (Wildman–Crippen LogP) is 2.13. The molecule has 1 unspecified atom stereocenters. The van der Waals surface area contributed by atoms with Gasteiger partial charge in [0.25, 0.3) is 0 Å². The van der Waals surface area contributed by atoms with E-state index < -0.39 is 6.10 Å². The van der Waals surface area contributed by atoms with Crippen LogP contribution in [-0.2, 0) is 4.74 Å². The van der Waals surface area contributed by atoms with Crippen LogP contribution in [0.2, 0.25) is 0 Å². The van der Waals surface area contributed by atoms with E-state index in [0.717, 1.165) is 10.0 Å². The van der Waals surface area contributed by atoms with Gasteiger partial charge in [0.15, 0.2) is 0 Å². The summed E-state index contributed by atoms with van der Waals surface area (Å²) >= 11 is 3.32. The summed E-state index contributed by atoms with van der Waals surface area (Å²) in [5, 5.41) is 9.47. The van der Waals surface area contributed by atoms with E-state index in [1.165, 1.54) is 0 Å². The van der Waals surface area contributed by atoms with Gasteiger partial charge >= 0.3 is 0 Å². The Bertz CT molecular complexity index is 233. The number of hydrogen-bond acceptors (Lipinski definition) is 2. The third-order valence-electron chi connectivity index (χ3n) is 1.58. The second kappa shape index (κ2) is 4.60. The van der Waals surface area contributed by atoms with Gasteiger partial charge in [-0.05, 0) is 17.7 Å². The molecule has 0 aliphatic heterocycles. The minimum absolute atomic E-state index is 0.335. The van der Waals surface area contributed by atoms with E-state index in [0.29, 0.717) is 6.61 Å². The Labute approximate surface area is 80.3 Å². The lowest BCUT2D eigenvalue weighted by Crippen LogP contribution is -2.04. The molecule has 0 fully saturated rings. The molecule has 0 saturated carbocycles. The summed E-state index contributed by atoms with van der Waals surface area (Å²) in [5.41, 5.74) is 0.875. The molecule has 0 heterocycles. The highest BCUT2D eigenvalue weighted by Crippen LogP contribution is 2.16. The van der Waals surface area contributed by atoms with Gasteiger partial charge in [0.2, 0.25) is 0 Å². The fraction of sp³-hybridized carbons (Fsp3) is 0.333. The Morgan fingerprint density at radius 2 is 2.00 bits per heavy atom. The summed E-state index contributed by atoms with van der Waals surface area (Å²) < 4.78 is 5.84.